The molecule has 0 radical (unpaired) electrons. The number of aromatic nitrogens is 5. The average Bonchev–Trinajstić information content (AvgIpc) is 3.47. The fourth-order valence-electron chi connectivity index (χ4n) is 3.50. The van der Waals surface area contributed by atoms with Crippen LogP contribution in [0.3, 0.4) is 0 Å². The Morgan fingerprint density at radius 3 is 2.91 bits per heavy atom. The maximum atomic E-state index is 12.9. The number of nitrogen functional groups attached to an aromatic ring is 1. The van der Waals surface area contributed by atoms with E-state index in [1.165, 1.54) is 35.5 Å². The van der Waals surface area contributed by atoms with Gasteiger partial charge >= 0.3 is 5.97 Å². The van der Waals surface area contributed by atoms with Crippen LogP contribution in [-0.2, 0) is 25.8 Å². The molecule has 4 N–H and O–H groups in total. The zero-order chi connectivity index (χ0) is 25.1. The van der Waals surface area contributed by atoms with E-state index >= 15 is 0 Å². The molecule has 2 amide bonds. The molecule has 2 aromatic rings. The second-order valence-corrected chi connectivity index (χ2v) is 10.2. The van der Waals surface area contributed by atoms with Crippen LogP contribution in [-0.4, -0.2) is 88.7 Å². The summed E-state index contributed by atoms with van der Waals surface area (Å²) >= 11 is 3.80. The molecule has 186 valence electrons. The van der Waals surface area contributed by atoms with Gasteiger partial charge in [-0.05, 0) is 22.4 Å². The minimum atomic E-state index is -1.21. The number of carbonyl (C=O) groups is 3. The molecule has 1 saturated heterocycles. The zero-order valence-corrected chi connectivity index (χ0v) is 21.0. The number of aliphatic carboxylic acids is 1. The molecule has 2 aliphatic rings. The van der Waals surface area contributed by atoms with Crippen LogP contribution in [0.25, 0.3) is 0 Å². The average molecular weight is 540 g/mol. The van der Waals surface area contributed by atoms with Crippen LogP contribution in [0.4, 0.5) is 5.13 Å². The van der Waals surface area contributed by atoms with Crippen molar-refractivity contribution >= 4 is 63.5 Å². The smallest absolute Gasteiger partial charge is 0.352 e. The number of hydrogen-bond donors (Lipinski definition) is 3. The summed E-state index contributed by atoms with van der Waals surface area (Å²) in [5.74, 6) is -1.74. The summed E-state index contributed by atoms with van der Waals surface area (Å²) in [6, 6.07) is -0.925. The van der Waals surface area contributed by atoms with Gasteiger partial charge in [0.15, 0.2) is 10.8 Å². The van der Waals surface area contributed by atoms with Gasteiger partial charge in [-0.15, -0.1) is 28.2 Å². The SMILES string of the molecule is CCCn1nnnc1SCC1=C(C(=O)O)N2C(=O)C(NC(=O)/C(=N/OC)c3csc(N)n3)[C@H]2SC1. The summed E-state index contributed by atoms with van der Waals surface area (Å²) in [4.78, 5) is 47.8. The van der Waals surface area contributed by atoms with Crippen LogP contribution in [0.5, 0.6) is 0 Å². The first-order valence-electron chi connectivity index (χ1n) is 10.3. The number of amides is 2. The molecule has 0 saturated carbocycles. The molecule has 4 heterocycles. The molecule has 35 heavy (non-hydrogen) atoms. The van der Waals surface area contributed by atoms with Crippen molar-refractivity contribution in [1.29, 1.82) is 0 Å². The van der Waals surface area contributed by atoms with Gasteiger partial charge < -0.3 is 21.0 Å². The summed E-state index contributed by atoms with van der Waals surface area (Å²) in [5.41, 5.74) is 6.21. The minimum Gasteiger partial charge on any atom is -0.477 e. The number of aryl methyl sites for hydroxylation is 1. The maximum Gasteiger partial charge on any atom is 0.352 e. The number of fused-ring (bicyclic) bond motifs is 1. The molecule has 2 atom stereocenters. The second kappa shape index (κ2) is 10.6. The number of hydrogen-bond acceptors (Lipinski definition) is 13. The van der Waals surface area contributed by atoms with Crippen molar-refractivity contribution in [2.24, 2.45) is 5.16 Å². The van der Waals surface area contributed by atoms with Crippen molar-refractivity contribution in [3.05, 3.63) is 22.3 Å². The number of thiazole rings is 1. The highest BCUT2D eigenvalue weighted by Gasteiger charge is 2.54. The number of nitrogens with one attached hydrogen (secondary N) is 1. The molecule has 0 spiro atoms. The first-order chi connectivity index (χ1) is 16.8. The van der Waals surface area contributed by atoms with Gasteiger partial charge in [-0.2, -0.15) is 0 Å². The van der Waals surface area contributed by atoms with E-state index in [4.69, 9.17) is 10.6 Å². The molecule has 0 bridgehead atoms. The van der Waals surface area contributed by atoms with E-state index in [0.29, 0.717) is 28.8 Å². The third-order valence-electron chi connectivity index (χ3n) is 5.01. The third kappa shape index (κ3) is 4.96. The van der Waals surface area contributed by atoms with E-state index in [-0.39, 0.29) is 22.2 Å². The highest BCUT2D eigenvalue weighted by atomic mass is 32.2. The zero-order valence-electron chi connectivity index (χ0n) is 18.6. The van der Waals surface area contributed by atoms with Gasteiger partial charge in [-0.1, -0.05) is 23.8 Å². The Morgan fingerprint density at radius 2 is 2.26 bits per heavy atom. The molecule has 1 fully saturated rings. The lowest BCUT2D eigenvalue weighted by atomic mass is 10.0. The van der Waals surface area contributed by atoms with Crippen LogP contribution in [0, 0.1) is 0 Å². The summed E-state index contributed by atoms with van der Waals surface area (Å²) in [6.07, 6.45) is 0.848. The maximum absolute atomic E-state index is 12.9. The molecule has 4 rings (SSSR count). The molecule has 14 nitrogen and oxygen atoms in total. The Kier molecular flexibility index (Phi) is 7.56. The van der Waals surface area contributed by atoms with Gasteiger partial charge in [0.2, 0.25) is 5.16 Å². The van der Waals surface area contributed by atoms with Gasteiger partial charge in [0, 0.05) is 23.4 Å². The van der Waals surface area contributed by atoms with Gasteiger partial charge in [0.1, 0.15) is 29.9 Å². The van der Waals surface area contributed by atoms with E-state index < -0.39 is 29.2 Å². The third-order valence-corrected chi connectivity index (χ3v) is 8.07. The van der Waals surface area contributed by atoms with Gasteiger partial charge in [0.05, 0.1) is 0 Å². The quantitative estimate of drug-likeness (QED) is 0.159. The Morgan fingerprint density at radius 1 is 1.46 bits per heavy atom. The van der Waals surface area contributed by atoms with Crippen molar-refractivity contribution < 1.29 is 24.3 Å². The summed E-state index contributed by atoms with van der Waals surface area (Å²) in [6.45, 7) is 2.64. The number of β-lactam (4-membered cyclic amide) rings is 1. The Hall–Kier alpha value is -3.18. The van der Waals surface area contributed by atoms with Gasteiger partial charge in [-0.3, -0.25) is 14.5 Å². The van der Waals surface area contributed by atoms with E-state index in [9.17, 15) is 19.5 Å². The van der Waals surface area contributed by atoms with Crippen molar-refractivity contribution in [1.82, 2.24) is 35.4 Å². The van der Waals surface area contributed by atoms with Crippen LogP contribution in [0.15, 0.2) is 27.0 Å². The molecule has 0 aromatic carbocycles. The normalized spacial score (nSPS) is 19.9. The van der Waals surface area contributed by atoms with Gasteiger partial charge in [0.25, 0.3) is 11.8 Å². The van der Waals surface area contributed by atoms with Crippen LogP contribution >= 0.6 is 34.9 Å². The van der Waals surface area contributed by atoms with Gasteiger partial charge in [-0.25, -0.2) is 14.5 Å². The molecule has 1 unspecified atom stereocenters. The highest BCUT2D eigenvalue weighted by molar-refractivity contribution is 8.01. The molecular formula is C18H21N9O5S3. The predicted octanol–water partition coefficient (Wildman–Crippen LogP) is 0.00320. The number of oxime groups is 1. The predicted molar refractivity (Wildman–Crippen MR) is 129 cm³/mol. The number of carboxylic acids is 1. The Bertz CT molecular complexity index is 1210. The lowest BCUT2D eigenvalue weighted by Gasteiger charge is -2.49. The first-order valence-corrected chi connectivity index (χ1v) is 13.2. The molecule has 0 aliphatic carbocycles. The summed E-state index contributed by atoms with van der Waals surface area (Å²) in [7, 11) is 1.28. The van der Waals surface area contributed by atoms with Crippen molar-refractivity contribution in [2.75, 3.05) is 24.3 Å². The number of tetrazole rings is 1. The first kappa shape index (κ1) is 24.9. The molecular weight excluding hydrogens is 518 g/mol. The van der Waals surface area contributed by atoms with Crippen LogP contribution in [0.1, 0.15) is 19.0 Å². The van der Waals surface area contributed by atoms with Crippen LogP contribution < -0.4 is 11.1 Å². The summed E-state index contributed by atoms with van der Waals surface area (Å²) < 4.78 is 1.65. The Balaban J connectivity index is 1.48. The number of carboxylic acid groups (broad SMARTS) is 1. The van der Waals surface area contributed by atoms with E-state index in [2.05, 4.69) is 31.0 Å². The van der Waals surface area contributed by atoms with Crippen molar-refractivity contribution in [3.8, 4) is 0 Å². The lowest BCUT2D eigenvalue weighted by molar-refractivity contribution is -0.150. The van der Waals surface area contributed by atoms with E-state index in [0.717, 1.165) is 17.8 Å². The summed E-state index contributed by atoms with van der Waals surface area (Å²) in [5, 5.41) is 29.6. The number of carbonyl (C=O) groups excluding carboxylic acids is 2. The van der Waals surface area contributed by atoms with E-state index in [1.807, 2.05) is 6.92 Å². The molecule has 17 heteroatoms. The van der Waals surface area contributed by atoms with Crippen LogP contribution in [0.2, 0.25) is 0 Å². The fraction of sp³-hybridized carbons (Fsp3) is 0.444. The number of nitrogens with zero attached hydrogens (tertiary/aromatic N) is 7. The lowest BCUT2D eigenvalue weighted by Crippen LogP contribution is -2.71. The molecule has 2 aliphatic heterocycles. The van der Waals surface area contributed by atoms with Crippen molar-refractivity contribution in [2.45, 2.75) is 36.5 Å². The van der Waals surface area contributed by atoms with E-state index in [1.54, 1.807) is 10.1 Å². The van der Waals surface area contributed by atoms with Crippen molar-refractivity contribution in [3.63, 3.8) is 0 Å². The molecule has 2 aromatic heterocycles. The number of anilines is 1. The standard InChI is InChI=1S/C18H21N9O5S3/c1-3-4-26-18(22-24-25-26)35-6-8-5-33-15-11(14(29)27(15)12(8)16(30)31)21-13(28)10(23-32-2)9-7-34-17(19)20-9/h7,11,15H,3-6H2,1-2H3,(H2,19,20)(H,21,28)(H,30,31)/b23-10+/t11?,15-/m1/s1. The Labute approximate surface area is 211 Å². The fourth-order valence-corrected chi connectivity index (χ4v) is 6.44. The minimum absolute atomic E-state index is 0.0793. The second-order valence-electron chi connectivity index (χ2n) is 7.28. The number of nitrogens with two attached hydrogens (primary N) is 1. The largest absolute Gasteiger partial charge is 0.477 e. The topological polar surface area (TPSA) is 191 Å². The number of thioether (sulfide) groups is 2. The monoisotopic (exact) mass is 539 g/mol. The number of rotatable bonds is 10. The highest BCUT2D eigenvalue weighted by Crippen LogP contribution is 2.41.